The Morgan fingerprint density at radius 2 is 2.00 bits per heavy atom. The maximum absolute atomic E-state index is 4.47. The molecule has 13 heavy (non-hydrogen) atoms. The summed E-state index contributed by atoms with van der Waals surface area (Å²) < 4.78 is 4.47. The molecule has 0 aliphatic rings. The maximum Gasteiger partial charge on any atom is 0.180 e. The summed E-state index contributed by atoms with van der Waals surface area (Å²) in [6, 6.07) is 1.77. The summed E-state index contributed by atoms with van der Waals surface area (Å²) in [5, 5.41) is 0. The lowest BCUT2D eigenvalue weighted by atomic mass is 10.5. The van der Waals surface area contributed by atoms with Crippen molar-refractivity contribution in [2.75, 3.05) is 0 Å². The van der Waals surface area contributed by atoms with Crippen molar-refractivity contribution < 1.29 is 4.42 Å². The molecule has 0 aliphatic carbocycles. The van der Waals surface area contributed by atoms with Crippen LogP contribution >= 0.6 is 0 Å². The fourth-order valence-electron chi connectivity index (χ4n) is 0.592. The van der Waals surface area contributed by atoms with E-state index >= 15 is 0 Å². The zero-order valence-corrected chi connectivity index (χ0v) is 7.00. The minimum atomic E-state index is 0.674. The van der Waals surface area contributed by atoms with Gasteiger partial charge in [0.05, 0.1) is 6.20 Å². The molecular formula is C9H9N3O. The van der Waals surface area contributed by atoms with Gasteiger partial charge in [0.25, 0.3) is 0 Å². The van der Waals surface area contributed by atoms with Crippen molar-refractivity contribution in [2.45, 2.75) is 0 Å². The van der Waals surface area contributed by atoms with E-state index in [-0.39, 0.29) is 0 Å². The quantitative estimate of drug-likeness (QED) is 0.663. The maximum atomic E-state index is 4.47. The topological polar surface area (TPSA) is 51.8 Å². The highest BCUT2D eigenvalue weighted by Crippen LogP contribution is 1.85. The molecule has 66 valence electrons. The molecule has 0 aliphatic heterocycles. The molecule has 0 radical (unpaired) electrons. The molecule has 0 atom stereocenters. The second kappa shape index (κ2) is 5.65. The van der Waals surface area contributed by atoms with Crippen LogP contribution in [-0.2, 0) is 0 Å². The summed E-state index contributed by atoms with van der Waals surface area (Å²) in [5.74, 6) is 0.674. The summed E-state index contributed by atoms with van der Waals surface area (Å²) in [6.07, 6.45) is 9.45. The van der Waals surface area contributed by atoms with Crippen LogP contribution in [0.1, 0.15) is 5.82 Å². The summed E-state index contributed by atoms with van der Waals surface area (Å²) in [6.45, 7) is 3.51. The Bertz CT molecular complexity index is 301. The molecular weight excluding hydrogens is 166 g/mol. The molecule has 0 unspecified atom stereocenters. The Kier molecular flexibility index (Phi) is 3.96. The fraction of sp³-hybridized carbons (Fsp3) is 0. The molecule has 0 N–H and O–H groups in total. The van der Waals surface area contributed by atoms with Gasteiger partial charge in [0, 0.05) is 12.4 Å². The molecule has 0 amide bonds. The molecule has 2 heterocycles. The lowest BCUT2D eigenvalue weighted by molar-refractivity contribution is 0.558. The minimum Gasteiger partial charge on any atom is -0.452 e. The third kappa shape index (κ3) is 3.81. The lowest BCUT2D eigenvalue weighted by Crippen LogP contribution is -1.80. The molecule has 2 aromatic rings. The van der Waals surface area contributed by atoms with Crippen LogP contribution in [0.4, 0.5) is 0 Å². The highest BCUT2D eigenvalue weighted by molar-refractivity contribution is 5.34. The number of rotatable bonds is 1. The zero-order valence-electron chi connectivity index (χ0n) is 7.00. The van der Waals surface area contributed by atoms with Gasteiger partial charge >= 0.3 is 0 Å². The van der Waals surface area contributed by atoms with E-state index in [1.165, 1.54) is 12.7 Å². The van der Waals surface area contributed by atoms with Crippen molar-refractivity contribution in [3.8, 4) is 0 Å². The van der Waals surface area contributed by atoms with E-state index in [2.05, 4.69) is 25.9 Å². The van der Waals surface area contributed by atoms with E-state index in [1.807, 2.05) is 0 Å². The average Bonchev–Trinajstić information content (AvgIpc) is 2.77. The molecule has 0 bridgehead atoms. The fourth-order valence-corrected chi connectivity index (χ4v) is 0.592. The molecule has 2 aromatic heterocycles. The van der Waals surface area contributed by atoms with Gasteiger partial charge in [-0.15, -0.1) is 0 Å². The van der Waals surface area contributed by atoms with E-state index < -0.39 is 0 Å². The second-order valence-corrected chi connectivity index (χ2v) is 1.99. The summed E-state index contributed by atoms with van der Waals surface area (Å²) in [5.41, 5.74) is 0. The highest BCUT2D eigenvalue weighted by Gasteiger charge is 1.79. The van der Waals surface area contributed by atoms with Crippen LogP contribution in [0.3, 0.4) is 0 Å². The van der Waals surface area contributed by atoms with E-state index in [1.54, 1.807) is 30.7 Å². The molecule has 0 aromatic carbocycles. The third-order valence-corrected chi connectivity index (χ3v) is 1.12. The smallest absolute Gasteiger partial charge is 0.180 e. The highest BCUT2D eigenvalue weighted by atomic mass is 16.3. The number of hydrogen-bond donors (Lipinski definition) is 0. The normalized spacial score (nSPS) is 8.31. The number of oxazole rings is 1. The standard InChI is InChI=1S/C6H6N2.C3H3NO/c1-2-6-7-4-3-5-8-6;1-2-5-3-4-1/h2-5H,1H2;1-3H. The van der Waals surface area contributed by atoms with Crippen LogP contribution in [-0.4, -0.2) is 15.0 Å². The Morgan fingerprint density at radius 3 is 2.31 bits per heavy atom. The third-order valence-electron chi connectivity index (χ3n) is 1.12. The second-order valence-electron chi connectivity index (χ2n) is 1.99. The van der Waals surface area contributed by atoms with Gasteiger partial charge in [0.2, 0.25) is 0 Å². The number of nitrogens with zero attached hydrogens (tertiary/aromatic N) is 3. The van der Waals surface area contributed by atoms with Gasteiger partial charge in [-0.05, 0) is 12.1 Å². The largest absolute Gasteiger partial charge is 0.452 e. The Morgan fingerprint density at radius 1 is 1.23 bits per heavy atom. The summed E-state index contributed by atoms with van der Waals surface area (Å²) >= 11 is 0. The van der Waals surface area contributed by atoms with Gasteiger partial charge < -0.3 is 4.42 Å². The average molecular weight is 175 g/mol. The predicted octanol–water partition coefficient (Wildman–Crippen LogP) is 1.79. The molecule has 0 spiro atoms. The van der Waals surface area contributed by atoms with Crippen LogP contribution in [0.25, 0.3) is 6.08 Å². The first-order chi connectivity index (χ1) is 6.43. The van der Waals surface area contributed by atoms with Crippen LogP contribution < -0.4 is 0 Å². The summed E-state index contributed by atoms with van der Waals surface area (Å²) in [7, 11) is 0. The lowest BCUT2D eigenvalue weighted by Gasteiger charge is -1.83. The van der Waals surface area contributed by atoms with Gasteiger partial charge in [-0.2, -0.15) is 0 Å². The van der Waals surface area contributed by atoms with Crippen molar-refractivity contribution in [2.24, 2.45) is 0 Å². The first-order valence-electron chi connectivity index (χ1n) is 3.65. The molecule has 0 fully saturated rings. The molecule has 4 nitrogen and oxygen atoms in total. The Balaban J connectivity index is 0.000000145. The van der Waals surface area contributed by atoms with Gasteiger partial charge in [-0.3, -0.25) is 0 Å². The molecule has 4 heteroatoms. The first-order valence-corrected chi connectivity index (χ1v) is 3.65. The van der Waals surface area contributed by atoms with Gasteiger partial charge in [-0.25, -0.2) is 15.0 Å². The van der Waals surface area contributed by atoms with Crippen LogP contribution in [0.15, 0.2) is 48.3 Å². The molecule has 2 rings (SSSR count). The van der Waals surface area contributed by atoms with Crippen molar-refractivity contribution in [3.05, 3.63) is 49.7 Å². The SMILES string of the molecule is C=Cc1ncccn1.c1cocn1. The minimum absolute atomic E-state index is 0.674. The Labute approximate surface area is 76.0 Å². The van der Waals surface area contributed by atoms with Crippen molar-refractivity contribution >= 4 is 6.08 Å². The van der Waals surface area contributed by atoms with Gasteiger partial charge in [0.1, 0.15) is 6.26 Å². The van der Waals surface area contributed by atoms with Crippen molar-refractivity contribution in [1.82, 2.24) is 15.0 Å². The molecule has 0 saturated carbocycles. The van der Waals surface area contributed by atoms with Crippen molar-refractivity contribution in [3.63, 3.8) is 0 Å². The number of aromatic nitrogens is 3. The molecule has 0 saturated heterocycles. The predicted molar refractivity (Wildman–Crippen MR) is 48.6 cm³/mol. The monoisotopic (exact) mass is 175 g/mol. The number of hydrogen-bond acceptors (Lipinski definition) is 4. The van der Waals surface area contributed by atoms with Gasteiger partial charge in [0.15, 0.2) is 12.2 Å². The van der Waals surface area contributed by atoms with E-state index in [9.17, 15) is 0 Å². The summed E-state index contributed by atoms with van der Waals surface area (Å²) in [4.78, 5) is 11.3. The van der Waals surface area contributed by atoms with Gasteiger partial charge in [-0.1, -0.05) is 6.58 Å². The van der Waals surface area contributed by atoms with E-state index in [4.69, 9.17) is 0 Å². The Hall–Kier alpha value is -1.97. The van der Waals surface area contributed by atoms with Crippen LogP contribution in [0.2, 0.25) is 0 Å². The first kappa shape index (κ1) is 9.12. The van der Waals surface area contributed by atoms with E-state index in [0.717, 1.165) is 0 Å². The van der Waals surface area contributed by atoms with Crippen LogP contribution in [0.5, 0.6) is 0 Å². The van der Waals surface area contributed by atoms with E-state index in [0.29, 0.717) is 5.82 Å². The van der Waals surface area contributed by atoms with Crippen molar-refractivity contribution in [1.29, 1.82) is 0 Å². The zero-order chi connectivity index (χ0) is 9.36. The van der Waals surface area contributed by atoms with Crippen LogP contribution in [0, 0.1) is 0 Å².